The fourth-order valence-corrected chi connectivity index (χ4v) is 21.2. The summed E-state index contributed by atoms with van der Waals surface area (Å²) in [5, 5.41) is 4.91. The summed E-state index contributed by atoms with van der Waals surface area (Å²) in [6, 6.07) is 84.0. The molecule has 0 N–H and O–H groups in total. The summed E-state index contributed by atoms with van der Waals surface area (Å²) in [5.41, 5.74) is 12.3. The van der Waals surface area contributed by atoms with E-state index in [2.05, 4.69) is 240 Å². The zero-order chi connectivity index (χ0) is 41.5. The van der Waals surface area contributed by atoms with Gasteiger partial charge in [0.1, 0.15) is 0 Å². The first kappa shape index (κ1) is 35.9. The summed E-state index contributed by atoms with van der Waals surface area (Å²) < 4.78 is 10.2. The van der Waals surface area contributed by atoms with Crippen molar-refractivity contribution in [2.75, 3.05) is 0 Å². The van der Waals surface area contributed by atoms with Gasteiger partial charge in [0, 0.05) is 0 Å². The van der Waals surface area contributed by atoms with Crippen LogP contribution in [-0.4, -0.2) is 32.4 Å². The first-order valence-corrected chi connectivity index (χ1v) is 25.8. The Hall–Kier alpha value is -7.80. The van der Waals surface area contributed by atoms with Gasteiger partial charge in [0.2, 0.25) is 0 Å². The molecule has 0 bridgehead atoms. The molecule has 0 atom stereocenters. The van der Waals surface area contributed by atoms with Gasteiger partial charge in [0.25, 0.3) is 0 Å². The Kier molecular flexibility index (Phi) is 8.05. The fraction of sp³-hybridized carbons (Fsp3) is 0. The van der Waals surface area contributed by atoms with E-state index in [1.807, 2.05) is 0 Å². The van der Waals surface area contributed by atoms with Crippen molar-refractivity contribution in [3.05, 3.63) is 231 Å². The molecule has 63 heavy (non-hydrogen) atoms. The second-order valence-corrected chi connectivity index (χ2v) is 24.1. The summed E-state index contributed by atoms with van der Waals surface area (Å²) >= 11 is -3.77. The molecule has 0 saturated carbocycles. The molecule has 1 aliphatic rings. The van der Waals surface area contributed by atoms with Crippen molar-refractivity contribution in [1.82, 2.24) is 19.1 Å². The van der Waals surface area contributed by atoms with Crippen molar-refractivity contribution < 1.29 is 0 Å². The molecule has 0 saturated heterocycles. The number of hydrogen-bond acceptors (Lipinski definition) is 2. The molecule has 0 amide bonds. The topological polar surface area (TPSA) is 35.6 Å². The van der Waals surface area contributed by atoms with Gasteiger partial charge in [0.15, 0.2) is 0 Å². The zero-order valence-electron chi connectivity index (χ0n) is 34.2. The van der Waals surface area contributed by atoms with Gasteiger partial charge in [-0.2, -0.15) is 0 Å². The summed E-state index contributed by atoms with van der Waals surface area (Å²) in [7, 11) is 0. The monoisotopic (exact) mass is 864 g/mol. The number of benzene rings is 9. The number of hydrogen-bond donors (Lipinski definition) is 0. The Labute approximate surface area is 367 Å². The van der Waals surface area contributed by atoms with Crippen LogP contribution in [0.2, 0.25) is 0 Å². The Morgan fingerprint density at radius 2 is 0.937 bits per heavy atom. The van der Waals surface area contributed by atoms with Crippen LogP contribution < -0.4 is 17.7 Å². The first-order chi connectivity index (χ1) is 31.3. The van der Waals surface area contributed by atoms with Crippen LogP contribution in [0.15, 0.2) is 231 Å². The van der Waals surface area contributed by atoms with Crippen LogP contribution in [0.4, 0.5) is 0 Å². The number of aromatic nitrogens is 4. The van der Waals surface area contributed by atoms with Crippen molar-refractivity contribution in [2.24, 2.45) is 0 Å². The van der Waals surface area contributed by atoms with Crippen molar-refractivity contribution in [1.29, 1.82) is 0 Å². The van der Waals surface area contributed by atoms with E-state index in [9.17, 15) is 0 Å². The molecule has 13 rings (SSSR count). The average molecular weight is 864 g/mol. The molecule has 4 nitrogen and oxygen atoms in total. The third-order valence-electron chi connectivity index (χ3n) is 13.2. The standard InChI is InChI=1S/C58H38GeN4/c1-5-21-39(22-6-1)58-60-55(54-45-30-13-17-33-48(45)59(57(54)61-58,40-23-7-2-8-24-40)41-25-9-3-10-26-41)47-32-16-20-36-51(47)63-50-35-19-15-31-46(50)53-52(63)38-37-44-43-29-14-18-34-49(43)62(56(44)53)42-27-11-4-12-28-42/h1-38H. The third kappa shape index (κ3) is 5.16. The molecule has 0 radical (unpaired) electrons. The first-order valence-electron chi connectivity index (χ1n) is 21.6. The number of fused-ring (bicyclic) bond motifs is 10. The Balaban J connectivity index is 1.17. The molecule has 294 valence electrons. The van der Waals surface area contributed by atoms with Gasteiger partial charge in [-0.15, -0.1) is 0 Å². The van der Waals surface area contributed by atoms with Crippen LogP contribution in [-0.2, 0) is 0 Å². The van der Waals surface area contributed by atoms with Crippen LogP contribution in [0, 0.1) is 0 Å². The van der Waals surface area contributed by atoms with Crippen LogP contribution in [0.5, 0.6) is 0 Å². The average Bonchev–Trinajstić information content (AvgIpc) is 3.99. The number of rotatable bonds is 6. The molecule has 4 heterocycles. The second kappa shape index (κ2) is 14.1. The number of para-hydroxylation sites is 4. The Morgan fingerprint density at radius 3 is 1.65 bits per heavy atom. The molecule has 0 fully saturated rings. The maximum atomic E-state index is 5.78. The van der Waals surface area contributed by atoms with E-state index in [1.54, 1.807) is 0 Å². The van der Waals surface area contributed by atoms with Crippen molar-refractivity contribution in [2.45, 2.75) is 0 Å². The van der Waals surface area contributed by atoms with E-state index in [-0.39, 0.29) is 0 Å². The van der Waals surface area contributed by atoms with Gasteiger partial charge in [-0.05, 0) is 0 Å². The molecule has 0 spiro atoms. The van der Waals surface area contributed by atoms with Crippen molar-refractivity contribution in [3.8, 4) is 45.1 Å². The molecule has 0 unspecified atom stereocenters. The molecular weight excluding hydrogens is 825 g/mol. The molecular formula is C58H38GeN4. The molecule has 9 aromatic carbocycles. The Bertz CT molecular complexity index is 3690. The predicted molar refractivity (Wildman–Crippen MR) is 264 cm³/mol. The summed E-state index contributed by atoms with van der Waals surface area (Å²) in [4.78, 5) is 11.5. The predicted octanol–water partition coefficient (Wildman–Crippen LogP) is 11.4. The molecule has 5 heteroatoms. The van der Waals surface area contributed by atoms with Gasteiger partial charge < -0.3 is 0 Å². The van der Waals surface area contributed by atoms with Crippen LogP contribution in [0.3, 0.4) is 0 Å². The van der Waals surface area contributed by atoms with Gasteiger partial charge in [-0.1, -0.05) is 30.3 Å². The SMILES string of the molecule is c1ccc(-c2nc(-c3ccccc3-n3c4ccccc4c4c3ccc3c5ccccc5n(-c5ccccc5)c34)c3[c](n2)[Ge]([c]2ccccc2)([c]2ccccc2)[c]2ccccc2-3)cc1. The third-order valence-corrected chi connectivity index (χ3v) is 23.1. The second-order valence-electron chi connectivity index (χ2n) is 16.4. The van der Waals surface area contributed by atoms with Gasteiger partial charge in [0.05, 0.1) is 0 Å². The van der Waals surface area contributed by atoms with E-state index in [0.717, 1.165) is 50.6 Å². The summed E-state index contributed by atoms with van der Waals surface area (Å²) in [6.07, 6.45) is 0. The van der Waals surface area contributed by atoms with Gasteiger partial charge in [-0.25, -0.2) is 0 Å². The van der Waals surface area contributed by atoms with Crippen molar-refractivity contribution >= 4 is 74.6 Å². The van der Waals surface area contributed by atoms with E-state index in [1.165, 1.54) is 55.9 Å². The molecule has 3 aromatic heterocycles. The van der Waals surface area contributed by atoms with Crippen LogP contribution in [0.25, 0.3) is 88.8 Å². The Morgan fingerprint density at radius 1 is 0.381 bits per heavy atom. The normalized spacial score (nSPS) is 12.9. The minimum absolute atomic E-state index is 0.741. The molecule has 1 aliphatic heterocycles. The number of nitrogens with zero attached hydrogens (tertiary/aromatic N) is 4. The zero-order valence-corrected chi connectivity index (χ0v) is 36.3. The maximum absolute atomic E-state index is 5.78. The summed E-state index contributed by atoms with van der Waals surface area (Å²) in [5.74, 6) is 0.741. The van der Waals surface area contributed by atoms with Crippen molar-refractivity contribution in [3.63, 3.8) is 0 Å². The van der Waals surface area contributed by atoms with E-state index < -0.39 is 13.3 Å². The summed E-state index contributed by atoms with van der Waals surface area (Å²) in [6.45, 7) is 0. The van der Waals surface area contributed by atoms with Crippen LogP contribution >= 0.6 is 0 Å². The van der Waals surface area contributed by atoms with Crippen LogP contribution in [0.1, 0.15) is 0 Å². The van der Waals surface area contributed by atoms with E-state index in [4.69, 9.17) is 9.97 Å². The quantitative estimate of drug-likeness (QED) is 0.156. The minimum atomic E-state index is -3.77. The van der Waals surface area contributed by atoms with E-state index >= 15 is 0 Å². The van der Waals surface area contributed by atoms with Gasteiger partial charge in [-0.3, -0.25) is 0 Å². The van der Waals surface area contributed by atoms with Gasteiger partial charge >= 0.3 is 339 Å². The molecule has 12 aromatic rings. The molecule has 0 aliphatic carbocycles. The fourth-order valence-electron chi connectivity index (χ4n) is 10.7. The van der Waals surface area contributed by atoms with E-state index in [0.29, 0.717) is 0 Å².